The van der Waals surface area contributed by atoms with Gasteiger partial charge in [0.25, 0.3) is 0 Å². The van der Waals surface area contributed by atoms with Crippen LogP contribution >= 0.6 is 0 Å². The van der Waals surface area contributed by atoms with Crippen molar-refractivity contribution in [1.29, 1.82) is 0 Å². The third-order valence-corrected chi connectivity index (χ3v) is 0.917. The van der Waals surface area contributed by atoms with E-state index in [1.807, 2.05) is 40.7 Å². The second-order valence-electron chi connectivity index (χ2n) is 1.60. The maximum atomic E-state index is 5.37. The number of nitrogens with two attached hydrogens (primary N) is 1. The maximum Gasteiger partial charge on any atom is 0.174 e. The molecule has 0 bridgehead atoms. The molecule has 0 amide bonds. The quantitative estimate of drug-likeness (QED) is 0.680. The van der Waals surface area contributed by atoms with Gasteiger partial charge >= 0.3 is 0 Å². The van der Waals surface area contributed by atoms with Gasteiger partial charge in [0, 0.05) is 0 Å². The zero-order valence-corrected chi connectivity index (χ0v) is 9.15. The van der Waals surface area contributed by atoms with Crippen LogP contribution in [0.25, 0.3) is 6.08 Å². The van der Waals surface area contributed by atoms with Crippen molar-refractivity contribution in [2.24, 2.45) is 0 Å². The molecular formula is C9H20N4. The van der Waals surface area contributed by atoms with Crippen LogP contribution in [0.3, 0.4) is 0 Å². The van der Waals surface area contributed by atoms with Gasteiger partial charge in [-0.1, -0.05) is 33.8 Å². The predicted molar refractivity (Wildman–Crippen MR) is 57.6 cm³/mol. The topological polar surface area (TPSA) is 56.7 Å². The fraction of sp³-hybridized carbons (Fsp3) is 0.556. The molecule has 0 aliphatic carbocycles. The van der Waals surface area contributed by atoms with Crippen molar-refractivity contribution >= 4 is 6.08 Å². The molecule has 0 fully saturated rings. The molecule has 1 aromatic heterocycles. The van der Waals surface area contributed by atoms with Gasteiger partial charge in [-0.2, -0.15) is 0 Å². The Morgan fingerprint density at radius 3 is 2.15 bits per heavy atom. The van der Waals surface area contributed by atoms with Crippen molar-refractivity contribution in [3.63, 3.8) is 0 Å². The second-order valence-corrected chi connectivity index (χ2v) is 1.60. The third-order valence-electron chi connectivity index (χ3n) is 0.917. The molecule has 2 N–H and O–H groups in total. The first-order chi connectivity index (χ1) is 6.34. The lowest BCUT2D eigenvalue weighted by atomic mass is 10.5. The Morgan fingerprint density at radius 2 is 1.85 bits per heavy atom. The summed E-state index contributed by atoms with van der Waals surface area (Å²) in [6, 6.07) is 0. The zero-order valence-electron chi connectivity index (χ0n) is 9.15. The highest BCUT2D eigenvalue weighted by Gasteiger charge is 1.91. The largest absolute Gasteiger partial charge is 0.336 e. The molecule has 0 aliphatic rings. The van der Waals surface area contributed by atoms with E-state index in [0.717, 1.165) is 0 Å². The molecule has 0 unspecified atom stereocenters. The number of nitrogens with zero attached hydrogens (tertiary/aromatic N) is 3. The number of hydrogen-bond donors (Lipinski definition) is 1. The molecule has 0 saturated carbocycles. The summed E-state index contributed by atoms with van der Waals surface area (Å²) in [6.45, 7) is 9.90. The van der Waals surface area contributed by atoms with Crippen molar-refractivity contribution < 1.29 is 0 Å². The molecular weight excluding hydrogens is 164 g/mol. The Balaban J connectivity index is 0. The number of allylic oxidation sites excluding steroid dienone is 1. The van der Waals surface area contributed by atoms with Gasteiger partial charge in [0.1, 0.15) is 6.33 Å². The van der Waals surface area contributed by atoms with Gasteiger partial charge in [0.2, 0.25) is 0 Å². The lowest BCUT2D eigenvalue weighted by Crippen LogP contribution is -2.08. The first kappa shape index (κ1) is 14.2. The fourth-order valence-corrected chi connectivity index (χ4v) is 0.520. The van der Waals surface area contributed by atoms with Crippen LogP contribution in [0.2, 0.25) is 0 Å². The average molecular weight is 184 g/mol. The minimum Gasteiger partial charge on any atom is -0.336 e. The van der Waals surface area contributed by atoms with Crippen molar-refractivity contribution in [3.05, 3.63) is 18.2 Å². The van der Waals surface area contributed by atoms with Gasteiger partial charge in [0.05, 0.1) is 0 Å². The van der Waals surface area contributed by atoms with Gasteiger partial charge in [-0.25, -0.2) is 4.68 Å². The number of rotatable bonds is 1. The first-order valence-corrected chi connectivity index (χ1v) is 4.62. The van der Waals surface area contributed by atoms with Crippen LogP contribution in [0.1, 0.15) is 40.4 Å². The molecule has 0 aliphatic heterocycles. The normalized spacial score (nSPS) is 8.38. The number of nitrogen functional groups attached to an aromatic ring is 1. The first-order valence-electron chi connectivity index (χ1n) is 4.62. The summed E-state index contributed by atoms with van der Waals surface area (Å²) >= 11 is 0. The van der Waals surface area contributed by atoms with E-state index in [1.165, 1.54) is 11.0 Å². The smallest absolute Gasteiger partial charge is 0.174 e. The summed E-state index contributed by atoms with van der Waals surface area (Å²) in [7, 11) is 0. The molecule has 0 atom stereocenters. The van der Waals surface area contributed by atoms with E-state index in [-0.39, 0.29) is 0 Å². The molecule has 13 heavy (non-hydrogen) atoms. The summed E-state index contributed by atoms with van der Waals surface area (Å²) < 4.78 is 1.36. The van der Waals surface area contributed by atoms with Crippen molar-refractivity contribution in [3.8, 4) is 0 Å². The van der Waals surface area contributed by atoms with Gasteiger partial charge in [0.15, 0.2) is 5.82 Å². The van der Waals surface area contributed by atoms with Crippen LogP contribution in [0.5, 0.6) is 0 Å². The van der Waals surface area contributed by atoms with Crippen LogP contribution in [0, 0.1) is 0 Å². The van der Waals surface area contributed by atoms with Gasteiger partial charge in [-0.05, 0) is 13.0 Å². The minimum absolute atomic E-state index is 0.664. The lowest BCUT2D eigenvalue weighted by molar-refractivity contribution is 0.979. The van der Waals surface area contributed by atoms with E-state index in [9.17, 15) is 0 Å². The Labute approximate surface area is 80.4 Å². The monoisotopic (exact) mass is 184 g/mol. The second kappa shape index (κ2) is 10.7. The highest BCUT2D eigenvalue weighted by Crippen LogP contribution is 1.90. The Morgan fingerprint density at radius 1 is 1.31 bits per heavy atom. The highest BCUT2D eigenvalue weighted by atomic mass is 15.4. The van der Waals surface area contributed by atoms with E-state index in [4.69, 9.17) is 5.84 Å². The van der Waals surface area contributed by atoms with Crippen molar-refractivity contribution in [2.75, 3.05) is 5.84 Å². The molecule has 76 valence electrons. The number of aromatic nitrogens is 3. The predicted octanol–water partition coefficient (Wildman–Crippen LogP) is 2.08. The van der Waals surface area contributed by atoms with Crippen LogP contribution in [-0.4, -0.2) is 14.9 Å². The lowest BCUT2D eigenvalue weighted by Gasteiger charge is -1.88. The maximum absolute atomic E-state index is 5.37. The van der Waals surface area contributed by atoms with Crippen molar-refractivity contribution in [2.45, 2.75) is 34.6 Å². The highest BCUT2D eigenvalue weighted by molar-refractivity contribution is 5.38. The molecule has 0 aromatic carbocycles. The molecule has 1 aromatic rings. The van der Waals surface area contributed by atoms with Crippen LogP contribution in [0.4, 0.5) is 0 Å². The van der Waals surface area contributed by atoms with E-state index in [0.29, 0.717) is 5.82 Å². The number of hydrogen-bond acceptors (Lipinski definition) is 3. The molecule has 4 heteroatoms. The van der Waals surface area contributed by atoms with Gasteiger partial charge < -0.3 is 5.84 Å². The van der Waals surface area contributed by atoms with Crippen LogP contribution < -0.4 is 5.84 Å². The summed E-state index contributed by atoms with van der Waals surface area (Å²) in [5.74, 6) is 6.03. The van der Waals surface area contributed by atoms with E-state index >= 15 is 0 Å². The fourth-order valence-electron chi connectivity index (χ4n) is 0.520. The molecule has 0 radical (unpaired) electrons. The molecule has 4 nitrogen and oxygen atoms in total. The molecule has 1 rings (SSSR count). The summed E-state index contributed by atoms with van der Waals surface area (Å²) in [5.41, 5.74) is 0. The van der Waals surface area contributed by atoms with Crippen molar-refractivity contribution in [1.82, 2.24) is 14.9 Å². The Kier molecular flexibility index (Phi) is 11.7. The minimum atomic E-state index is 0.664. The van der Waals surface area contributed by atoms with E-state index in [2.05, 4.69) is 10.2 Å². The van der Waals surface area contributed by atoms with Crippen LogP contribution in [0.15, 0.2) is 12.4 Å². The third kappa shape index (κ3) is 5.90. The summed E-state index contributed by atoms with van der Waals surface area (Å²) in [6.07, 6.45) is 5.09. The Hall–Kier alpha value is -1.32. The summed E-state index contributed by atoms with van der Waals surface area (Å²) in [5, 5.41) is 7.28. The van der Waals surface area contributed by atoms with Crippen LogP contribution in [-0.2, 0) is 0 Å². The molecule has 1 heterocycles. The van der Waals surface area contributed by atoms with E-state index in [1.54, 1.807) is 6.08 Å². The van der Waals surface area contributed by atoms with Gasteiger partial charge in [-0.3, -0.25) is 0 Å². The molecule has 0 saturated heterocycles. The zero-order chi connectivity index (χ0) is 10.7. The standard InChI is InChI=1S/C5H8N4.2C2H6/c1-2-3-5-8-7-4-9(5)6;2*1-2/h2-4H,6H2,1H3;2*1-2H3/b3-2-;;. The Bertz CT molecular complexity index is 215. The molecule has 0 spiro atoms. The SMILES string of the molecule is C/C=C\c1nncn1N.CC.CC. The average Bonchev–Trinajstić information content (AvgIpc) is 2.60. The van der Waals surface area contributed by atoms with Gasteiger partial charge in [-0.15, -0.1) is 10.2 Å². The van der Waals surface area contributed by atoms with E-state index < -0.39 is 0 Å². The summed E-state index contributed by atoms with van der Waals surface area (Å²) in [4.78, 5) is 0.